The second-order valence-electron chi connectivity index (χ2n) is 8.41. The summed E-state index contributed by atoms with van der Waals surface area (Å²) in [4.78, 5) is 5.13. The average Bonchev–Trinajstić information content (AvgIpc) is 2.64. The Hall–Kier alpha value is -0.970. The smallest absolute Gasteiger partial charge is 0.684 e. The van der Waals surface area contributed by atoms with Gasteiger partial charge >= 0.3 is 16.5 Å². The monoisotopic (exact) mass is 499 g/mol. The summed E-state index contributed by atoms with van der Waals surface area (Å²) >= 11 is 0. The van der Waals surface area contributed by atoms with Crippen molar-refractivity contribution in [3.63, 3.8) is 0 Å². The third kappa shape index (κ3) is 9.89. The van der Waals surface area contributed by atoms with Crippen molar-refractivity contribution >= 4 is 45.7 Å². The van der Waals surface area contributed by atoms with E-state index in [9.17, 15) is 0 Å². The average molecular weight is 500 g/mol. The number of rotatable bonds is 5. The van der Waals surface area contributed by atoms with E-state index < -0.39 is 16.2 Å². The second kappa shape index (κ2) is 14.2. The fourth-order valence-electron chi connectivity index (χ4n) is 2.83. The van der Waals surface area contributed by atoms with E-state index in [4.69, 9.17) is 4.98 Å². The molecule has 3 aromatic rings. The quantitative estimate of drug-likeness (QED) is 0.214. The molecule has 0 atom stereocenters. The third-order valence-electron chi connectivity index (χ3n) is 3.75. The van der Waals surface area contributed by atoms with Crippen LogP contribution < -0.4 is 15.9 Å². The van der Waals surface area contributed by atoms with Crippen molar-refractivity contribution in [1.82, 2.24) is 0 Å². The largest absolute Gasteiger partial charge is 2.00 e. The summed E-state index contributed by atoms with van der Waals surface area (Å²) in [7, 11) is -2.47. The standard InChI is InChI=1S/C21H23NPSi.C3H9P.CH3.Ni/c1-24(2,3)22-20-16-10-11-17-21(20)23(18-12-6-4-7-13-18)19-14-8-5-9-15-19;1-4(2)3;;/h4-17H,1-3H3;1-3H3;1H3;/q-1;;-1;+2/p+2. The molecule has 0 amide bonds. The Morgan fingerprint density at radius 3 is 1.40 bits per heavy atom. The van der Waals surface area contributed by atoms with Gasteiger partial charge in [-0.2, -0.15) is 0 Å². The molecular formula is C25H37NNiP2Si+2. The molecular weight excluding hydrogens is 463 g/mol. The molecule has 0 unspecified atom stereocenters. The molecule has 164 valence electrons. The van der Waals surface area contributed by atoms with Crippen LogP contribution in [-0.2, 0) is 16.5 Å². The molecule has 0 N–H and O–H groups in total. The Morgan fingerprint density at radius 1 is 0.633 bits per heavy atom. The first-order valence-electron chi connectivity index (χ1n) is 9.85. The molecule has 0 spiro atoms. The van der Waals surface area contributed by atoms with Crippen molar-refractivity contribution < 1.29 is 16.5 Å². The van der Waals surface area contributed by atoms with Crippen LogP contribution >= 0.6 is 15.8 Å². The fourth-order valence-corrected chi connectivity index (χ4v) is 6.53. The van der Waals surface area contributed by atoms with Gasteiger partial charge < -0.3 is 12.4 Å². The van der Waals surface area contributed by atoms with Crippen LogP contribution in [0.5, 0.6) is 0 Å². The van der Waals surface area contributed by atoms with Crippen molar-refractivity contribution in [2.75, 3.05) is 20.0 Å². The van der Waals surface area contributed by atoms with Gasteiger partial charge in [-0.1, -0.05) is 79.9 Å². The van der Waals surface area contributed by atoms with Crippen molar-refractivity contribution in [3.05, 3.63) is 97.3 Å². The third-order valence-corrected chi connectivity index (χ3v) is 7.45. The molecule has 0 bridgehead atoms. The topological polar surface area (TPSA) is 14.1 Å². The number of nitrogens with zero attached hydrogens (tertiary/aromatic N) is 1. The summed E-state index contributed by atoms with van der Waals surface area (Å²) < 4.78 is 0. The van der Waals surface area contributed by atoms with E-state index in [0.29, 0.717) is 0 Å². The van der Waals surface area contributed by atoms with E-state index in [1.165, 1.54) is 21.6 Å². The number of hydrogen-bond donors (Lipinski definition) is 0. The van der Waals surface area contributed by atoms with E-state index in [1.54, 1.807) is 0 Å². The van der Waals surface area contributed by atoms with Gasteiger partial charge in [0.2, 0.25) is 0 Å². The maximum Gasteiger partial charge on any atom is 2.00 e. The molecule has 30 heavy (non-hydrogen) atoms. The molecule has 0 saturated heterocycles. The summed E-state index contributed by atoms with van der Waals surface area (Å²) in [5.41, 5.74) is 1.18. The van der Waals surface area contributed by atoms with E-state index in [-0.39, 0.29) is 31.8 Å². The number of benzene rings is 3. The summed E-state index contributed by atoms with van der Waals surface area (Å²) in [5, 5.41) is 4.21. The molecule has 0 aliphatic carbocycles. The van der Waals surface area contributed by atoms with E-state index in [2.05, 4.69) is 125 Å². The van der Waals surface area contributed by atoms with Gasteiger partial charge in [0, 0.05) is 20.0 Å². The summed E-state index contributed by atoms with van der Waals surface area (Å²) in [5.74, 6) is 0. The molecule has 0 aliphatic rings. The molecule has 0 saturated carbocycles. The Morgan fingerprint density at radius 2 is 1.00 bits per heavy atom. The maximum absolute atomic E-state index is 5.13. The molecule has 0 aliphatic heterocycles. The van der Waals surface area contributed by atoms with Gasteiger partial charge in [-0.15, -0.1) is 0 Å². The van der Waals surface area contributed by atoms with Crippen LogP contribution in [0.2, 0.25) is 19.6 Å². The van der Waals surface area contributed by atoms with Gasteiger partial charge in [0.15, 0.2) is 0 Å². The molecule has 0 aromatic heterocycles. The minimum absolute atomic E-state index is 0. The Bertz CT molecular complexity index is 794. The minimum atomic E-state index is -1.54. The molecule has 0 heterocycles. The zero-order valence-corrected chi connectivity index (χ0v) is 23.3. The van der Waals surface area contributed by atoms with Crippen LogP contribution in [0.4, 0.5) is 5.69 Å². The molecule has 5 heteroatoms. The zero-order valence-electron chi connectivity index (χ0n) is 19.3. The first-order chi connectivity index (χ1) is 13.3. The molecule has 3 aromatic carbocycles. The Balaban J connectivity index is 0.00000129. The van der Waals surface area contributed by atoms with E-state index in [0.717, 1.165) is 0 Å². The van der Waals surface area contributed by atoms with Gasteiger partial charge in [-0.25, -0.2) is 0 Å². The fraction of sp³-hybridized carbons (Fsp3) is 0.240. The van der Waals surface area contributed by atoms with Crippen molar-refractivity contribution in [1.29, 1.82) is 0 Å². The van der Waals surface area contributed by atoms with Crippen LogP contribution in [0.15, 0.2) is 84.9 Å². The van der Waals surface area contributed by atoms with Crippen LogP contribution in [0.3, 0.4) is 0 Å². The number of hydrogen-bond acceptors (Lipinski definition) is 0. The predicted molar refractivity (Wildman–Crippen MR) is 145 cm³/mol. The normalized spacial score (nSPS) is 10.4. The van der Waals surface area contributed by atoms with Crippen LogP contribution in [0, 0.1) is 7.43 Å². The summed E-state index contributed by atoms with van der Waals surface area (Å²) in [6, 6.07) is 30.5. The molecule has 3 rings (SSSR count). The Kier molecular flexibility index (Phi) is 13.7. The van der Waals surface area contributed by atoms with Crippen LogP contribution in [0.1, 0.15) is 0 Å². The first-order valence-corrected chi connectivity index (χ1v) is 17.8. The van der Waals surface area contributed by atoms with Gasteiger partial charge in [-0.3, -0.25) is 0 Å². The van der Waals surface area contributed by atoms with E-state index in [1.807, 2.05) is 0 Å². The van der Waals surface area contributed by atoms with Crippen LogP contribution in [0.25, 0.3) is 4.98 Å². The summed E-state index contributed by atoms with van der Waals surface area (Å²) in [6.45, 7) is 13.7. The zero-order chi connectivity index (χ0) is 20.6. The molecule has 0 fully saturated rings. The van der Waals surface area contributed by atoms with Gasteiger partial charge in [0.25, 0.3) is 0 Å². The van der Waals surface area contributed by atoms with Gasteiger partial charge in [0.1, 0.15) is 10.6 Å². The maximum atomic E-state index is 5.13. The Labute approximate surface area is 198 Å². The molecule has 0 radical (unpaired) electrons. The summed E-state index contributed by atoms with van der Waals surface area (Å²) in [6.07, 6.45) is 0. The first kappa shape index (κ1) is 29.0. The van der Waals surface area contributed by atoms with Crippen molar-refractivity contribution in [2.45, 2.75) is 19.6 Å². The van der Waals surface area contributed by atoms with Crippen molar-refractivity contribution in [3.8, 4) is 0 Å². The van der Waals surface area contributed by atoms with Gasteiger partial charge in [0.05, 0.1) is 13.2 Å². The van der Waals surface area contributed by atoms with Gasteiger partial charge in [-0.05, 0) is 46.5 Å². The minimum Gasteiger partial charge on any atom is -0.684 e. The van der Waals surface area contributed by atoms with Crippen molar-refractivity contribution in [2.24, 2.45) is 0 Å². The van der Waals surface area contributed by atoms with Crippen LogP contribution in [-0.4, -0.2) is 28.2 Å². The molecule has 1 nitrogen and oxygen atoms in total. The predicted octanol–water partition coefficient (Wildman–Crippen LogP) is 6.55. The second-order valence-corrected chi connectivity index (χ2v) is 18.4. The SMILES string of the molecule is C[PH+](C)C.C[Si](C)(C)[N-]c1ccccc1[PH+](c1ccccc1)c1ccccc1.[CH3-].[Ni+2]. The van der Waals surface area contributed by atoms with E-state index >= 15 is 0 Å².